The van der Waals surface area contributed by atoms with Crippen molar-refractivity contribution in [3.63, 3.8) is 0 Å². The Morgan fingerprint density at radius 2 is 1.46 bits per heavy atom. The number of aromatic nitrogens is 1. The van der Waals surface area contributed by atoms with E-state index in [0.29, 0.717) is 5.02 Å². The molecule has 0 saturated carbocycles. The van der Waals surface area contributed by atoms with E-state index >= 15 is 0 Å². The third-order valence-corrected chi connectivity index (χ3v) is 10.8. The minimum atomic E-state index is -0.149. The number of fused-ring (bicyclic) bond motifs is 8. The lowest BCUT2D eigenvalue weighted by Gasteiger charge is -2.27. The van der Waals surface area contributed by atoms with Gasteiger partial charge in [-0.15, -0.1) is 0 Å². The van der Waals surface area contributed by atoms with Gasteiger partial charge < -0.3 is 13.9 Å². The van der Waals surface area contributed by atoms with Gasteiger partial charge in [-0.3, -0.25) is 0 Å². The average Bonchev–Trinajstić information content (AvgIpc) is 3.71. The molecular weight excluding hydrogens is 632 g/mol. The van der Waals surface area contributed by atoms with Gasteiger partial charge in [-0.25, -0.2) is 0 Å². The van der Waals surface area contributed by atoms with Gasteiger partial charge in [0, 0.05) is 43.8 Å². The van der Waals surface area contributed by atoms with E-state index in [1.807, 2.05) is 30.3 Å². The molecule has 6 aromatic carbocycles. The van der Waals surface area contributed by atoms with Gasteiger partial charge in [0.1, 0.15) is 11.2 Å². The Labute approximate surface area is 298 Å². The Balaban J connectivity index is 1.35. The Morgan fingerprint density at radius 1 is 0.700 bits per heavy atom. The number of anilines is 3. The largest absolute Gasteiger partial charge is 0.456 e. The first kappa shape index (κ1) is 30.8. The summed E-state index contributed by atoms with van der Waals surface area (Å²) in [6.45, 7) is 13.8. The number of halogens is 1. The van der Waals surface area contributed by atoms with Crippen LogP contribution in [0.1, 0.15) is 56.9 Å². The number of hydrogen-bond acceptors (Lipinski definition) is 2. The van der Waals surface area contributed by atoms with Crippen LogP contribution in [0.5, 0.6) is 0 Å². The summed E-state index contributed by atoms with van der Waals surface area (Å²) in [7, 11) is 0. The van der Waals surface area contributed by atoms with Crippen LogP contribution >= 0.6 is 11.6 Å². The molecule has 0 atom stereocenters. The second-order valence-electron chi connectivity index (χ2n) is 15.3. The van der Waals surface area contributed by atoms with E-state index < -0.39 is 0 Å². The molecule has 50 heavy (non-hydrogen) atoms. The number of para-hydroxylation sites is 1. The SMILES string of the molecule is Cc1cc(N(c2cccc(Cl)c2)c2cccc3oc4ccccc4c23)cc(-n2c3c(c4cc(C(C)(C)C)ccc42)C(C)(C)c2ccccc2-3)c1. The zero-order valence-electron chi connectivity index (χ0n) is 29.3. The monoisotopic (exact) mass is 670 g/mol. The van der Waals surface area contributed by atoms with E-state index in [0.717, 1.165) is 44.7 Å². The maximum absolute atomic E-state index is 6.70. The van der Waals surface area contributed by atoms with E-state index in [-0.39, 0.29) is 10.8 Å². The van der Waals surface area contributed by atoms with Crippen molar-refractivity contribution in [2.75, 3.05) is 4.90 Å². The van der Waals surface area contributed by atoms with Crippen molar-refractivity contribution < 1.29 is 4.42 Å². The van der Waals surface area contributed by atoms with E-state index in [9.17, 15) is 0 Å². The van der Waals surface area contributed by atoms with Crippen molar-refractivity contribution in [2.45, 2.75) is 52.4 Å². The highest BCUT2D eigenvalue weighted by molar-refractivity contribution is 6.31. The van der Waals surface area contributed by atoms with Crippen LogP contribution in [-0.2, 0) is 10.8 Å². The lowest BCUT2D eigenvalue weighted by atomic mass is 9.80. The molecule has 1 aliphatic carbocycles. The molecule has 0 radical (unpaired) electrons. The van der Waals surface area contributed by atoms with Crippen molar-refractivity contribution in [2.24, 2.45) is 0 Å². The zero-order chi connectivity index (χ0) is 34.5. The van der Waals surface area contributed by atoms with Crippen molar-refractivity contribution in [3.8, 4) is 16.9 Å². The molecule has 2 aromatic heterocycles. The standard InChI is InChI=1S/C46H39ClN2O/c1-28-23-32(48(31-14-11-13-30(47)26-31)39-18-12-20-41-42(39)35-16-8-10-19-40(35)50-41)27-33(24-28)49-38-22-21-29(45(2,3)4)25-36(38)43-44(49)34-15-7-9-17-37(34)46(43,5)6/h7-27H,1-6H3. The van der Waals surface area contributed by atoms with Crippen LogP contribution in [0.3, 0.4) is 0 Å². The number of nitrogens with zero attached hydrogens (tertiary/aromatic N) is 2. The summed E-state index contributed by atoms with van der Waals surface area (Å²) in [5.41, 5.74) is 14.9. The molecule has 0 aliphatic heterocycles. The van der Waals surface area contributed by atoms with Crippen LogP contribution in [-0.4, -0.2) is 4.57 Å². The van der Waals surface area contributed by atoms with Gasteiger partial charge >= 0.3 is 0 Å². The fourth-order valence-electron chi connectivity index (χ4n) is 8.27. The van der Waals surface area contributed by atoms with Gasteiger partial charge in [0.05, 0.1) is 22.3 Å². The molecule has 0 unspecified atom stereocenters. The van der Waals surface area contributed by atoms with E-state index in [1.165, 1.54) is 44.4 Å². The third-order valence-electron chi connectivity index (χ3n) is 10.6. The fourth-order valence-corrected chi connectivity index (χ4v) is 8.45. The number of aryl methyl sites for hydroxylation is 1. The van der Waals surface area contributed by atoms with Crippen LogP contribution in [0.15, 0.2) is 132 Å². The quantitative estimate of drug-likeness (QED) is 0.186. The topological polar surface area (TPSA) is 21.3 Å². The van der Waals surface area contributed by atoms with E-state index in [4.69, 9.17) is 16.0 Å². The van der Waals surface area contributed by atoms with Crippen molar-refractivity contribution in [1.29, 1.82) is 0 Å². The number of benzene rings is 6. The lowest BCUT2D eigenvalue weighted by Crippen LogP contribution is -2.15. The summed E-state index contributed by atoms with van der Waals surface area (Å²) >= 11 is 6.70. The molecule has 0 bridgehead atoms. The minimum Gasteiger partial charge on any atom is -0.456 e. The van der Waals surface area contributed by atoms with Crippen LogP contribution in [0.4, 0.5) is 17.1 Å². The smallest absolute Gasteiger partial charge is 0.137 e. The molecule has 9 rings (SSSR count). The molecule has 0 fully saturated rings. The molecule has 4 heteroatoms. The van der Waals surface area contributed by atoms with Gasteiger partial charge in [-0.05, 0) is 101 Å². The summed E-state index contributed by atoms with van der Waals surface area (Å²) in [5.74, 6) is 0. The van der Waals surface area contributed by atoms with Crippen LogP contribution in [0, 0.1) is 6.92 Å². The Hall–Kier alpha value is -5.25. The van der Waals surface area contributed by atoms with Gasteiger partial charge in [0.25, 0.3) is 0 Å². The second kappa shape index (κ2) is 10.9. The Kier molecular flexibility index (Phi) is 6.69. The zero-order valence-corrected chi connectivity index (χ0v) is 30.1. The highest BCUT2D eigenvalue weighted by Gasteiger charge is 2.40. The summed E-state index contributed by atoms with van der Waals surface area (Å²) in [6.07, 6.45) is 0. The third kappa shape index (κ3) is 4.57. The molecule has 1 aliphatic rings. The maximum atomic E-state index is 6.70. The Bertz CT molecular complexity index is 2650. The molecule has 0 N–H and O–H groups in total. The average molecular weight is 671 g/mol. The first-order valence-corrected chi connectivity index (χ1v) is 17.8. The number of rotatable bonds is 4. The van der Waals surface area contributed by atoms with Crippen LogP contribution in [0.25, 0.3) is 49.8 Å². The number of hydrogen-bond donors (Lipinski definition) is 0. The molecule has 0 saturated heterocycles. The van der Waals surface area contributed by atoms with Crippen molar-refractivity contribution >= 4 is 61.5 Å². The maximum Gasteiger partial charge on any atom is 0.137 e. The van der Waals surface area contributed by atoms with E-state index in [2.05, 4.69) is 148 Å². The van der Waals surface area contributed by atoms with Gasteiger partial charge in [-0.2, -0.15) is 0 Å². The first-order chi connectivity index (χ1) is 24.0. The van der Waals surface area contributed by atoms with Crippen molar-refractivity contribution in [3.05, 3.63) is 155 Å². The second-order valence-corrected chi connectivity index (χ2v) is 15.7. The fraction of sp³-hybridized carbons (Fsp3) is 0.174. The number of furan rings is 1. The first-order valence-electron chi connectivity index (χ1n) is 17.4. The molecule has 0 amide bonds. The molecule has 3 nitrogen and oxygen atoms in total. The molecule has 0 spiro atoms. The predicted octanol–water partition coefficient (Wildman–Crippen LogP) is 13.6. The molecule has 2 heterocycles. The summed E-state index contributed by atoms with van der Waals surface area (Å²) < 4.78 is 8.88. The summed E-state index contributed by atoms with van der Waals surface area (Å²) in [6, 6.07) is 45.7. The van der Waals surface area contributed by atoms with Gasteiger partial charge in [-0.1, -0.05) is 107 Å². The highest BCUT2D eigenvalue weighted by atomic mass is 35.5. The van der Waals surface area contributed by atoms with Crippen molar-refractivity contribution in [1.82, 2.24) is 4.57 Å². The molecule has 8 aromatic rings. The van der Waals surface area contributed by atoms with E-state index in [1.54, 1.807) is 0 Å². The normalized spacial score (nSPS) is 13.7. The highest BCUT2D eigenvalue weighted by Crippen LogP contribution is 2.54. The summed E-state index contributed by atoms with van der Waals surface area (Å²) in [4.78, 5) is 2.33. The van der Waals surface area contributed by atoms with Crippen LogP contribution in [0.2, 0.25) is 5.02 Å². The molecular formula is C46H39ClN2O. The predicted molar refractivity (Wildman–Crippen MR) is 211 cm³/mol. The Morgan fingerprint density at radius 3 is 2.28 bits per heavy atom. The van der Waals surface area contributed by atoms with Gasteiger partial charge in [0.15, 0.2) is 0 Å². The van der Waals surface area contributed by atoms with Crippen LogP contribution < -0.4 is 4.90 Å². The van der Waals surface area contributed by atoms with Gasteiger partial charge in [0.2, 0.25) is 0 Å². The molecule has 246 valence electrons. The minimum absolute atomic E-state index is 0.0327. The lowest BCUT2D eigenvalue weighted by molar-refractivity contribution is 0.591. The summed E-state index contributed by atoms with van der Waals surface area (Å²) in [5, 5.41) is 4.16.